The number of phosphoric acid groups is 1. The van der Waals surface area contributed by atoms with Crippen molar-refractivity contribution in [3.05, 3.63) is 72.9 Å². The van der Waals surface area contributed by atoms with E-state index in [-0.39, 0.29) is 26.1 Å². The van der Waals surface area contributed by atoms with Crippen LogP contribution in [-0.2, 0) is 32.7 Å². The van der Waals surface area contributed by atoms with Crippen molar-refractivity contribution in [1.29, 1.82) is 0 Å². The maximum atomic E-state index is 12.7. The molecule has 9 nitrogen and oxygen atoms in total. The van der Waals surface area contributed by atoms with E-state index in [1.165, 1.54) is 77.0 Å². The minimum absolute atomic E-state index is 0.0467. The number of hydrogen-bond donors (Lipinski definition) is 0. The first-order valence-corrected chi connectivity index (χ1v) is 24.1. The first-order chi connectivity index (χ1) is 28.0. The lowest BCUT2D eigenvalue weighted by molar-refractivity contribution is -0.870. The van der Waals surface area contributed by atoms with Crippen LogP contribution in [0.15, 0.2) is 72.9 Å². The second-order valence-electron chi connectivity index (χ2n) is 16.0. The quantitative estimate of drug-likeness (QED) is 0.0197. The Morgan fingerprint density at radius 1 is 0.552 bits per heavy atom. The Balaban J connectivity index is 4.48. The molecular weight excluding hydrogens is 750 g/mol. The normalized spacial score (nSPS) is 14.2. The zero-order valence-corrected chi connectivity index (χ0v) is 38.4. The topological polar surface area (TPSA) is 111 Å². The molecule has 0 aliphatic rings. The molecule has 0 radical (unpaired) electrons. The number of nitrogens with zero attached hydrogens (tertiary/aromatic N) is 1. The van der Waals surface area contributed by atoms with Gasteiger partial charge in [-0.05, 0) is 51.4 Å². The monoisotopic (exact) mass is 834 g/mol. The molecule has 0 N–H and O–H groups in total. The highest BCUT2D eigenvalue weighted by Gasteiger charge is 2.21. The summed E-state index contributed by atoms with van der Waals surface area (Å²) in [7, 11) is 1.11. The molecule has 0 aromatic heterocycles. The summed E-state index contributed by atoms with van der Waals surface area (Å²) in [4.78, 5) is 37.5. The van der Waals surface area contributed by atoms with Gasteiger partial charge in [-0.15, -0.1) is 0 Å². The molecule has 10 heteroatoms. The van der Waals surface area contributed by atoms with Crippen LogP contribution in [0, 0.1) is 0 Å². The molecule has 0 aromatic carbocycles. The van der Waals surface area contributed by atoms with Crippen LogP contribution in [0.2, 0.25) is 0 Å². The van der Waals surface area contributed by atoms with Crippen LogP contribution in [0.4, 0.5) is 0 Å². The summed E-state index contributed by atoms with van der Waals surface area (Å²) in [5.74, 6) is -0.934. The van der Waals surface area contributed by atoms with E-state index in [9.17, 15) is 19.0 Å². The third-order valence-electron chi connectivity index (χ3n) is 9.25. The number of quaternary nitrogens is 1. The highest BCUT2D eigenvalue weighted by Crippen LogP contribution is 2.38. The average molecular weight is 834 g/mol. The summed E-state index contributed by atoms with van der Waals surface area (Å²) < 4.78 is 33.8. The van der Waals surface area contributed by atoms with Crippen LogP contribution >= 0.6 is 7.82 Å². The number of likely N-dealkylation sites (N-methyl/N-ethyl adjacent to an activating group) is 1. The van der Waals surface area contributed by atoms with Crippen molar-refractivity contribution in [3.8, 4) is 0 Å². The standard InChI is InChI=1S/C48H84NO8P/c1-6-8-10-12-14-16-18-20-22-23-24-25-27-29-31-33-35-37-39-41-48(51)57-46(45-56-58(52,53)55-43-42-49(3,4)5)44-54-47(50)40-38-36-34-32-30-28-26-21-19-17-15-13-11-9-7-2/h8,10,14,16,20,22,24-25,29,31,35,37,46H,6-7,9,11-13,15,17-19,21,23,26-28,30,32-34,36,38-45H2,1-5H3/b10-8+,16-14+,22-20+,25-24+,31-29+,37-35+/t46-/m1/s1. The molecule has 2 atom stereocenters. The van der Waals surface area contributed by atoms with Crippen molar-refractivity contribution in [2.45, 2.75) is 174 Å². The van der Waals surface area contributed by atoms with Gasteiger partial charge in [0.15, 0.2) is 6.10 Å². The predicted molar refractivity (Wildman–Crippen MR) is 240 cm³/mol. The molecule has 0 bridgehead atoms. The maximum Gasteiger partial charge on any atom is 0.306 e. The molecule has 1 unspecified atom stereocenters. The van der Waals surface area contributed by atoms with Crippen LogP contribution in [0.1, 0.15) is 168 Å². The number of rotatable bonds is 40. The van der Waals surface area contributed by atoms with E-state index in [1.807, 2.05) is 33.3 Å². The first kappa shape index (κ1) is 55.5. The van der Waals surface area contributed by atoms with Crippen molar-refractivity contribution in [2.24, 2.45) is 0 Å². The minimum Gasteiger partial charge on any atom is -0.756 e. The Labute approximate surface area is 355 Å². The second-order valence-corrected chi connectivity index (χ2v) is 17.4. The fourth-order valence-corrected chi connectivity index (χ4v) is 6.47. The average Bonchev–Trinajstić information content (AvgIpc) is 3.17. The SMILES string of the molecule is CC/C=C/C/C=C/C/C=C/C/C=C/C/C=C/C/C=C/CCC(=O)O[C@H](COC(=O)CCCCCCCCCCCCCCCCC)COP(=O)([O-])OCC[N+](C)(C)C. The number of ether oxygens (including phenoxy) is 2. The summed E-state index contributed by atoms with van der Waals surface area (Å²) in [5, 5.41) is 0. The van der Waals surface area contributed by atoms with Gasteiger partial charge in [0.25, 0.3) is 7.82 Å². The molecular formula is C48H84NO8P. The van der Waals surface area contributed by atoms with E-state index in [4.69, 9.17) is 18.5 Å². The zero-order valence-electron chi connectivity index (χ0n) is 37.5. The number of carbonyl (C=O) groups is 2. The molecule has 0 aliphatic heterocycles. The van der Waals surface area contributed by atoms with Crippen LogP contribution in [0.5, 0.6) is 0 Å². The van der Waals surface area contributed by atoms with E-state index < -0.39 is 32.5 Å². The van der Waals surface area contributed by atoms with E-state index in [0.717, 1.165) is 57.8 Å². The van der Waals surface area contributed by atoms with E-state index in [2.05, 4.69) is 74.6 Å². The summed E-state index contributed by atoms with van der Waals surface area (Å²) in [5.41, 5.74) is 0. The number of allylic oxidation sites excluding steroid dienone is 12. The number of phosphoric ester groups is 1. The second kappa shape index (κ2) is 39.9. The lowest BCUT2D eigenvalue weighted by Crippen LogP contribution is -2.37. The lowest BCUT2D eigenvalue weighted by atomic mass is 10.0. The maximum absolute atomic E-state index is 12.7. The van der Waals surface area contributed by atoms with Gasteiger partial charge in [0.1, 0.15) is 19.8 Å². The molecule has 0 heterocycles. The largest absolute Gasteiger partial charge is 0.756 e. The van der Waals surface area contributed by atoms with Gasteiger partial charge in [0.2, 0.25) is 0 Å². The zero-order chi connectivity index (χ0) is 42.8. The van der Waals surface area contributed by atoms with Crippen molar-refractivity contribution in [2.75, 3.05) is 47.5 Å². The van der Waals surface area contributed by atoms with Gasteiger partial charge in [-0.1, -0.05) is 177 Å². The fraction of sp³-hybridized carbons (Fsp3) is 0.708. The molecule has 0 aliphatic carbocycles. The van der Waals surface area contributed by atoms with Crippen molar-refractivity contribution in [3.63, 3.8) is 0 Å². The van der Waals surface area contributed by atoms with E-state index in [0.29, 0.717) is 17.4 Å². The summed E-state index contributed by atoms with van der Waals surface area (Å²) in [6.07, 6.45) is 49.4. The smallest absolute Gasteiger partial charge is 0.306 e. The summed E-state index contributed by atoms with van der Waals surface area (Å²) >= 11 is 0. The molecule has 334 valence electrons. The van der Waals surface area contributed by atoms with Gasteiger partial charge in [0.05, 0.1) is 27.7 Å². The van der Waals surface area contributed by atoms with Gasteiger partial charge in [-0.3, -0.25) is 14.2 Å². The van der Waals surface area contributed by atoms with Crippen LogP contribution in [0.3, 0.4) is 0 Å². The molecule has 0 saturated carbocycles. The van der Waals surface area contributed by atoms with E-state index >= 15 is 0 Å². The van der Waals surface area contributed by atoms with Gasteiger partial charge in [-0.25, -0.2) is 0 Å². The predicted octanol–water partition coefficient (Wildman–Crippen LogP) is 12.4. The van der Waals surface area contributed by atoms with Crippen LogP contribution in [-0.4, -0.2) is 70.0 Å². The Kier molecular flexibility index (Phi) is 38.1. The fourth-order valence-electron chi connectivity index (χ4n) is 5.74. The highest BCUT2D eigenvalue weighted by molar-refractivity contribution is 7.45. The third-order valence-corrected chi connectivity index (χ3v) is 10.2. The first-order valence-electron chi connectivity index (χ1n) is 22.6. The number of esters is 2. The molecule has 0 amide bonds. The molecule has 0 spiro atoms. The number of unbranched alkanes of at least 4 members (excludes halogenated alkanes) is 14. The van der Waals surface area contributed by atoms with E-state index in [1.54, 1.807) is 0 Å². The Hall–Kier alpha value is -2.55. The Bertz CT molecular complexity index is 1220. The summed E-state index contributed by atoms with van der Waals surface area (Å²) in [6, 6.07) is 0. The minimum atomic E-state index is -4.65. The van der Waals surface area contributed by atoms with Crippen molar-refractivity contribution >= 4 is 19.8 Å². The number of carbonyl (C=O) groups excluding carboxylic acids is 2. The van der Waals surface area contributed by atoms with Crippen LogP contribution in [0.25, 0.3) is 0 Å². The molecule has 0 aromatic rings. The molecule has 0 rings (SSSR count). The Morgan fingerprint density at radius 2 is 0.983 bits per heavy atom. The van der Waals surface area contributed by atoms with Gasteiger partial charge in [-0.2, -0.15) is 0 Å². The van der Waals surface area contributed by atoms with Gasteiger partial charge < -0.3 is 27.9 Å². The Morgan fingerprint density at radius 3 is 1.43 bits per heavy atom. The molecule has 0 fully saturated rings. The van der Waals surface area contributed by atoms with Crippen molar-refractivity contribution < 1.29 is 42.1 Å². The highest BCUT2D eigenvalue weighted by atomic mass is 31.2. The van der Waals surface area contributed by atoms with Crippen molar-refractivity contribution in [1.82, 2.24) is 0 Å². The van der Waals surface area contributed by atoms with Gasteiger partial charge in [0, 0.05) is 12.8 Å². The molecule has 58 heavy (non-hydrogen) atoms. The third kappa shape index (κ3) is 43.0. The number of hydrogen-bond acceptors (Lipinski definition) is 8. The van der Waals surface area contributed by atoms with Gasteiger partial charge >= 0.3 is 11.9 Å². The summed E-state index contributed by atoms with van der Waals surface area (Å²) in [6.45, 7) is 4.02. The lowest BCUT2D eigenvalue weighted by Gasteiger charge is -2.28. The van der Waals surface area contributed by atoms with Crippen LogP contribution < -0.4 is 4.89 Å². The molecule has 0 saturated heterocycles.